The molecule has 3 nitrogen and oxygen atoms in total. The lowest BCUT2D eigenvalue weighted by Gasteiger charge is -2.14. The van der Waals surface area contributed by atoms with E-state index in [1.807, 2.05) is 18.2 Å². The van der Waals surface area contributed by atoms with Gasteiger partial charge in [-0.3, -0.25) is 0 Å². The summed E-state index contributed by atoms with van der Waals surface area (Å²) in [5.41, 5.74) is 1.06. The second kappa shape index (κ2) is 6.18. The van der Waals surface area contributed by atoms with Gasteiger partial charge in [-0.25, -0.2) is 0 Å². The maximum absolute atomic E-state index is 5.95. The molecule has 16 heavy (non-hydrogen) atoms. The van der Waals surface area contributed by atoms with Crippen LogP contribution in [0.4, 0.5) is 5.69 Å². The van der Waals surface area contributed by atoms with Crippen molar-refractivity contribution in [1.29, 1.82) is 0 Å². The molecule has 1 saturated heterocycles. The van der Waals surface area contributed by atoms with Gasteiger partial charge in [-0.2, -0.15) is 0 Å². The highest BCUT2D eigenvalue weighted by Gasteiger charge is 2.14. The molecule has 0 spiro atoms. The van der Waals surface area contributed by atoms with Crippen molar-refractivity contribution in [2.45, 2.75) is 12.5 Å². The van der Waals surface area contributed by atoms with Crippen LogP contribution in [0, 0.1) is 0 Å². The van der Waals surface area contributed by atoms with E-state index in [0.29, 0.717) is 16.8 Å². The lowest BCUT2D eigenvalue weighted by Crippen LogP contribution is -2.21. The van der Waals surface area contributed by atoms with Crippen molar-refractivity contribution >= 4 is 29.7 Å². The molecule has 1 aromatic rings. The molecule has 2 rings (SSSR count). The number of methoxy groups -OCH3 is 1. The van der Waals surface area contributed by atoms with Gasteiger partial charge >= 0.3 is 0 Å². The summed E-state index contributed by atoms with van der Waals surface area (Å²) in [7, 11) is 1.63. The number of hydrogen-bond donors (Lipinski definition) is 2. The van der Waals surface area contributed by atoms with Gasteiger partial charge in [0.1, 0.15) is 5.75 Å². The Morgan fingerprint density at radius 3 is 2.94 bits per heavy atom. The fourth-order valence-corrected chi connectivity index (χ4v) is 1.96. The van der Waals surface area contributed by atoms with Gasteiger partial charge in [-0.05, 0) is 25.1 Å². The van der Waals surface area contributed by atoms with E-state index in [4.69, 9.17) is 16.3 Å². The summed E-state index contributed by atoms with van der Waals surface area (Å²) in [6.07, 6.45) is 1.16. The van der Waals surface area contributed by atoms with Crippen LogP contribution in [0.5, 0.6) is 5.75 Å². The van der Waals surface area contributed by atoms with Crippen molar-refractivity contribution in [3.05, 3.63) is 23.2 Å². The van der Waals surface area contributed by atoms with Crippen LogP contribution in [0.15, 0.2) is 18.2 Å². The first-order chi connectivity index (χ1) is 7.29. The van der Waals surface area contributed by atoms with E-state index < -0.39 is 0 Å². The Hall–Kier alpha value is -0.640. The van der Waals surface area contributed by atoms with Crippen LogP contribution in [-0.4, -0.2) is 26.2 Å². The average molecular weight is 263 g/mol. The number of ether oxygens (including phenoxy) is 1. The first-order valence-corrected chi connectivity index (χ1v) is 5.48. The van der Waals surface area contributed by atoms with E-state index in [9.17, 15) is 0 Å². The standard InChI is InChI=1S/C11H15ClN2O.ClH/c1-15-11-6-8(2-3-10(11)12)14-9-4-5-13-7-9;/h2-3,6,9,13-14H,4-5,7H2,1H3;1H/t9-;/m1./s1. The number of anilines is 1. The number of hydrogen-bond acceptors (Lipinski definition) is 3. The lowest BCUT2D eigenvalue weighted by molar-refractivity contribution is 0.415. The molecule has 1 aliphatic heterocycles. The van der Waals surface area contributed by atoms with E-state index >= 15 is 0 Å². The molecule has 1 aromatic carbocycles. The molecule has 1 fully saturated rings. The van der Waals surface area contributed by atoms with Gasteiger partial charge in [-0.15, -0.1) is 12.4 Å². The first-order valence-electron chi connectivity index (χ1n) is 5.10. The van der Waals surface area contributed by atoms with E-state index in [1.54, 1.807) is 7.11 Å². The minimum Gasteiger partial charge on any atom is -0.495 e. The SMILES string of the molecule is COc1cc(N[C@@H]2CCNC2)ccc1Cl.Cl. The summed E-state index contributed by atoms with van der Waals surface area (Å²) in [5.74, 6) is 0.715. The molecular formula is C11H16Cl2N2O. The molecular weight excluding hydrogens is 247 g/mol. The Balaban J connectivity index is 0.00000128. The van der Waals surface area contributed by atoms with Crippen LogP contribution in [-0.2, 0) is 0 Å². The molecule has 5 heteroatoms. The molecule has 90 valence electrons. The minimum atomic E-state index is 0. The van der Waals surface area contributed by atoms with Crippen LogP contribution in [0.1, 0.15) is 6.42 Å². The van der Waals surface area contributed by atoms with Crippen molar-refractivity contribution in [2.24, 2.45) is 0 Å². The monoisotopic (exact) mass is 262 g/mol. The summed E-state index contributed by atoms with van der Waals surface area (Å²) < 4.78 is 5.16. The van der Waals surface area contributed by atoms with Gasteiger partial charge < -0.3 is 15.4 Å². The zero-order valence-corrected chi connectivity index (χ0v) is 10.7. The maximum Gasteiger partial charge on any atom is 0.139 e. The lowest BCUT2D eigenvalue weighted by atomic mass is 10.2. The third kappa shape index (κ3) is 3.17. The van der Waals surface area contributed by atoms with E-state index in [-0.39, 0.29) is 12.4 Å². The molecule has 2 N–H and O–H groups in total. The van der Waals surface area contributed by atoms with Gasteiger partial charge in [0.05, 0.1) is 12.1 Å². The summed E-state index contributed by atoms with van der Waals surface area (Å²) >= 11 is 5.95. The van der Waals surface area contributed by atoms with Crippen LogP contribution >= 0.6 is 24.0 Å². The molecule has 0 bridgehead atoms. The van der Waals surface area contributed by atoms with Crippen molar-refractivity contribution in [3.8, 4) is 5.75 Å². The first kappa shape index (κ1) is 13.4. The smallest absolute Gasteiger partial charge is 0.139 e. The predicted octanol–water partition coefficient (Wildman–Crippen LogP) is 2.54. The Bertz CT molecular complexity index is 341. The van der Waals surface area contributed by atoms with E-state index in [0.717, 1.165) is 25.2 Å². The Morgan fingerprint density at radius 1 is 1.50 bits per heavy atom. The van der Waals surface area contributed by atoms with Gasteiger partial charge in [0.25, 0.3) is 0 Å². The van der Waals surface area contributed by atoms with Crippen molar-refractivity contribution in [1.82, 2.24) is 5.32 Å². The Labute approximate surface area is 107 Å². The molecule has 0 aliphatic carbocycles. The summed E-state index contributed by atoms with van der Waals surface area (Å²) in [6, 6.07) is 6.27. The topological polar surface area (TPSA) is 33.3 Å². The predicted molar refractivity (Wildman–Crippen MR) is 70.1 cm³/mol. The van der Waals surface area contributed by atoms with Crippen LogP contribution in [0.2, 0.25) is 5.02 Å². The number of nitrogens with one attached hydrogen (secondary N) is 2. The highest BCUT2D eigenvalue weighted by atomic mass is 35.5. The fourth-order valence-electron chi connectivity index (χ4n) is 1.76. The molecule has 1 atom stereocenters. The van der Waals surface area contributed by atoms with E-state index in [2.05, 4.69) is 10.6 Å². The molecule has 1 heterocycles. The quantitative estimate of drug-likeness (QED) is 0.879. The fraction of sp³-hybridized carbons (Fsp3) is 0.455. The maximum atomic E-state index is 5.95. The number of benzene rings is 1. The molecule has 1 aliphatic rings. The normalized spacial score (nSPS) is 19.0. The largest absolute Gasteiger partial charge is 0.495 e. The Morgan fingerprint density at radius 2 is 2.31 bits per heavy atom. The third-order valence-electron chi connectivity index (χ3n) is 2.58. The van der Waals surface area contributed by atoms with Crippen molar-refractivity contribution in [2.75, 3.05) is 25.5 Å². The van der Waals surface area contributed by atoms with Crippen LogP contribution in [0.3, 0.4) is 0 Å². The number of rotatable bonds is 3. The summed E-state index contributed by atoms with van der Waals surface area (Å²) in [5, 5.41) is 7.40. The Kier molecular flexibility index (Phi) is 5.19. The minimum absolute atomic E-state index is 0. The molecule has 0 amide bonds. The van der Waals surface area contributed by atoms with Crippen molar-refractivity contribution in [3.63, 3.8) is 0 Å². The van der Waals surface area contributed by atoms with E-state index in [1.165, 1.54) is 0 Å². The summed E-state index contributed by atoms with van der Waals surface area (Å²) in [4.78, 5) is 0. The summed E-state index contributed by atoms with van der Waals surface area (Å²) in [6.45, 7) is 2.10. The van der Waals surface area contributed by atoms with Crippen LogP contribution in [0.25, 0.3) is 0 Å². The molecule has 0 radical (unpaired) electrons. The van der Waals surface area contributed by atoms with Crippen molar-refractivity contribution < 1.29 is 4.74 Å². The van der Waals surface area contributed by atoms with Crippen LogP contribution < -0.4 is 15.4 Å². The van der Waals surface area contributed by atoms with Gasteiger partial charge in [-0.1, -0.05) is 11.6 Å². The third-order valence-corrected chi connectivity index (χ3v) is 2.89. The second-order valence-corrected chi connectivity index (χ2v) is 4.09. The highest BCUT2D eigenvalue weighted by Crippen LogP contribution is 2.27. The molecule has 0 aromatic heterocycles. The zero-order chi connectivity index (χ0) is 10.7. The highest BCUT2D eigenvalue weighted by molar-refractivity contribution is 6.32. The van der Waals surface area contributed by atoms with Gasteiger partial charge in [0.15, 0.2) is 0 Å². The zero-order valence-electron chi connectivity index (χ0n) is 9.13. The van der Waals surface area contributed by atoms with Gasteiger partial charge in [0, 0.05) is 24.3 Å². The molecule has 0 saturated carbocycles. The second-order valence-electron chi connectivity index (χ2n) is 3.68. The van der Waals surface area contributed by atoms with Gasteiger partial charge in [0.2, 0.25) is 0 Å². The number of halogens is 2. The average Bonchev–Trinajstić information content (AvgIpc) is 2.73. The molecule has 0 unspecified atom stereocenters.